The number of nitrogens with zero attached hydrogens (tertiary/aromatic N) is 1. The molecule has 0 aliphatic rings. The molecule has 0 fully saturated rings. The predicted octanol–water partition coefficient (Wildman–Crippen LogP) is 2.02. The smallest absolute Gasteiger partial charge is 0.176 e. The van der Waals surface area contributed by atoms with E-state index in [1.165, 1.54) is 7.11 Å². The first-order valence-corrected chi connectivity index (χ1v) is 4.70. The highest BCUT2D eigenvalue weighted by Gasteiger charge is 2.21. The average Bonchev–Trinajstić information content (AvgIpc) is 2.27. The maximum Gasteiger partial charge on any atom is 0.176 e. The highest BCUT2D eigenvalue weighted by molar-refractivity contribution is 5.65. The molecule has 0 heterocycles. The second-order valence-electron chi connectivity index (χ2n) is 3.31. The summed E-state index contributed by atoms with van der Waals surface area (Å²) in [6.07, 6.45) is 1.87. The van der Waals surface area contributed by atoms with E-state index in [9.17, 15) is 10.2 Å². The molecular formula is C12H13NO3. The van der Waals surface area contributed by atoms with Gasteiger partial charge in [0.15, 0.2) is 11.5 Å². The molecule has 0 saturated carbocycles. The third kappa shape index (κ3) is 1.68. The molecule has 0 saturated heterocycles. The predicted molar refractivity (Wildman–Crippen MR) is 59.7 cm³/mol. The number of allylic oxidation sites excluding steroid dienone is 1. The van der Waals surface area contributed by atoms with Crippen molar-refractivity contribution in [2.24, 2.45) is 0 Å². The summed E-state index contributed by atoms with van der Waals surface area (Å²) < 4.78 is 4.95. The number of benzene rings is 1. The quantitative estimate of drug-likeness (QED) is 0.602. The number of methoxy groups -OCH3 is 1. The van der Waals surface area contributed by atoms with Gasteiger partial charge < -0.3 is 14.9 Å². The molecule has 2 N–H and O–H groups in total. The monoisotopic (exact) mass is 219 g/mol. The van der Waals surface area contributed by atoms with Gasteiger partial charge in [0.05, 0.1) is 7.11 Å². The normalized spacial score (nSPS) is 9.56. The molecule has 1 aromatic rings. The molecule has 0 radical (unpaired) electrons. The summed E-state index contributed by atoms with van der Waals surface area (Å²) in [6, 6.07) is 1.85. The van der Waals surface area contributed by atoms with Gasteiger partial charge in [-0.3, -0.25) is 0 Å². The van der Waals surface area contributed by atoms with Gasteiger partial charge in [0.25, 0.3) is 0 Å². The van der Waals surface area contributed by atoms with Crippen LogP contribution in [0.2, 0.25) is 0 Å². The Labute approximate surface area is 94.0 Å². The van der Waals surface area contributed by atoms with E-state index >= 15 is 0 Å². The van der Waals surface area contributed by atoms with E-state index in [1.54, 1.807) is 13.0 Å². The van der Waals surface area contributed by atoms with Crippen molar-refractivity contribution >= 4 is 0 Å². The number of hydrogen-bond acceptors (Lipinski definition) is 4. The Hall–Kier alpha value is -2.15. The van der Waals surface area contributed by atoms with E-state index in [4.69, 9.17) is 10.00 Å². The summed E-state index contributed by atoms with van der Waals surface area (Å²) >= 11 is 0. The fraction of sp³-hybridized carbons (Fsp3) is 0.250. The minimum absolute atomic E-state index is 0.0276. The standard InChI is InChI=1S/C12H13NO3/c1-4-5-8-9(6-13)11(15)12(16-3)7(2)10(8)14/h4,14-15H,1,5H2,2-3H3. The molecular weight excluding hydrogens is 206 g/mol. The number of hydrogen-bond donors (Lipinski definition) is 2. The second-order valence-corrected chi connectivity index (χ2v) is 3.31. The minimum atomic E-state index is -0.239. The van der Waals surface area contributed by atoms with Crippen LogP contribution in [0.25, 0.3) is 0 Å². The largest absolute Gasteiger partial charge is 0.507 e. The van der Waals surface area contributed by atoms with Gasteiger partial charge >= 0.3 is 0 Å². The fourth-order valence-electron chi connectivity index (χ4n) is 1.60. The summed E-state index contributed by atoms with van der Waals surface area (Å²) in [5, 5.41) is 28.6. The molecule has 0 aromatic heterocycles. The Kier molecular flexibility index (Phi) is 3.41. The first-order valence-electron chi connectivity index (χ1n) is 4.70. The van der Waals surface area contributed by atoms with Crippen LogP contribution in [0.3, 0.4) is 0 Å². The summed E-state index contributed by atoms with van der Waals surface area (Å²) in [5.41, 5.74) is 0.809. The second kappa shape index (κ2) is 4.58. The highest BCUT2D eigenvalue weighted by atomic mass is 16.5. The first kappa shape index (κ1) is 11.9. The Morgan fingerprint density at radius 2 is 2.06 bits per heavy atom. The van der Waals surface area contributed by atoms with Gasteiger partial charge in [-0.15, -0.1) is 6.58 Å². The summed E-state index contributed by atoms with van der Waals surface area (Å²) in [7, 11) is 1.37. The molecule has 84 valence electrons. The van der Waals surface area contributed by atoms with Crippen LogP contribution in [0.5, 0.6) is 17.2 Å². The molecule has 4 heteroatoms. The molecule has 0 bridgehead atoms. The highest BCUT2D eigenvalue weighted by Crippen LogP contribution is 2.42. The van der Waals surface area contributed by atoms with Crippen LogP contribution in [-0.2, 0) is 6.42 Å². The van der Waals surface area contributed by atoms with Crippen LogP contribution in [-0.4, -0.2) is 17.3 Å². The zero-order valence-electron chi connectivity index (χ0n) is 9.24. The van der Waals surface area contributed by atoms with Crippen LogP contribution >= 0.6 is 0 Å². The van der Waals surface area contributed by atoms with Crippen molar-refractivity contribution in [1.29, 1.82) is 5.26 Å². The van der Waals surface area contributed by atoms with Crippen molar-refractivity contribution in [3.8, 4) is 23.3 Å². The van der Waals surface area contributed by atoms with E-state index < -0.39 is 0 Å². The molecule has 0 unspecified atom stereocenters. The number of nitriles is 1. The maximum absolute atomic E-state index is 9.89. The van der Waals surface area contributed by atoms with Gasteiger partial charge in [0.2, 0.25) is 0 Å². The fourth-order valence-corrected chi connectivity index (χ4v) is 1.60. The first-order chi connectivity index (χ1) is 7.58. The number of phenolic OH excluding ortho intramolecular Hbond substituents is 2. The van der Waals surface area contributed by atoms with Crippen LogP contribution in [0, 0.1) is 18.3 Å². The van der Waals surface area contributed by atoms with E-state index in [2.05, 4.69) is 6.58 Å². The van der Waals surface area contributed by atoms with Crippen LogP contribution in [0.15, 0.2) is 12.7 Å². The Morgan fingerprint density at radius 1 is 1.44 bits per heavy atom. The molecule has 1 aromatic carbocycles. The molecule has 16 heavy (non-hydrogen) atoms. The Bertz CT molecular complexity index is 472. The molecule has 0 amide bonds. The van der Waals surface area contributed by atoms with Crippen molar-refractivity contribution in [3.05, 3.63) is 29.3 Å². The molecule has 0 spiro atoms. The zero-order chi connectivity index (χ0) is 12.3. The lowest BCUT2D eigenvalue weighted by Gasteiger charge is -2.14. The van der Waals surface area contributed by atoms with Gasteiger partial charge in [-0.1, -0.05) is 6.08 Å². The number of rotatable bonds is 3. The lowest BCUT2D eigenvalue weighted by atomic mass is 9.98. The molecule has 0 atom stereocenters. The summed E-state index contributed by atoms with van der Waals surface area (Å²) in [4.78, 5) is 0. The molecule has 0 aliphatic carbocycles. The van der Waals surface area contributed by atoms with Gasteiger partial charge in [-0.2, -0.15) is 5.26 Å². The Morgan fingerprint density at radius 3 is 2.50 bits per heavy atom. The SMILES string of the molecule is C=CCc1c(O)c(C)c(OC)c(O)c1C#N. The lowest BCUT2D eigenvalue weighted by Crippen LogP contribution is -1.97. The van der Waals surface area contributed by atoms with E-state index in [-0.39, 0.29) is 22.8 Å². The Balaban J connectivity index is 3.64. The van der Waals surface area contributed by atoms with Gasteiger partial charge in [0.1, 0.15) is 17.4 Å². The maximum atomic E-state index is 9.89. The molecule has 1 rings (SSSR count). The summed E-state index contributed by atoms with van der Waals surface area (Å²) in [5.74, 6) is -0.148. The van der Waals surface area contributed by atoms with Crippen LogP contribution in [0.1, 0.15) is 16.7 Å². The van der Waals surface area contributed by atoms with Gasteiger partial charge in [-0.25, -0.2) is 0 Å². The van der Waals surface area contributed by atoms with Crippen molar-refractivity contribution in [3.63, 3.8) is 0 Å². The minimum Gasteiger partial charge on any atom is -0.507 e. The number of ether oxygens (including phenoxy) is 1. The average molecular weight is 219 g/mol. The third-order valence-electron chi connectivity index (χ3n) is 2.40. The number of aromatic hydroxyl groups is 2. The van der Waals surface area contributed by atoms with Crippen LogP contribution in [0.4, 0.5) is 0 Å². The van der Waals surface area contributed by atoms with E-state index in [0.717, 1.165) is 0 Å². The third-order valence-corrected chi connectivity index (χ3v) is 2.40. The van der Waals surface area contributed by atoms with Crippen molar-refractivity contribution in [1.82, 2.24) is 0 Å². The van der Waals surface area contributed by atoms with Gasteiger partial charge in [0, 0.05) is 11.1 Å². The lowest BCUT2D eigenvalue weighted by molar-refractivity contribution is 0.363. The van der Waals surface area contributed by atoms with Crippen molar-refractivity contribution in [2.75, 3.05) is 7.11 Å². The molecule has 0 aliphatic heterocycles. The van der Waals surface area contributed by atoms with Crippen molar-refractivity contribution in [2.45, 2.75) is 13.3 Å². The topological polar surface area (TPSA) is 73.5 Å². The van der Waals surface area contributed by atoms with E-state index in [0.29, 0.717) is 17.5 Å². The van der Waals surface area contributed by atoms with E-state index in [1.807, 2.05) is 6.07 Å². The van der Waals surface area contributed by atoms with Crippen LogP contribution < -0.4 is 4.74 Å². The number of phenols is 2. The summed E-state index contributed by atoms with van der Waals surface area (Å²) in [6.45, 7) is 5.15. The molecule has 4 nitrogen and oxygen atoms in total. The zero-order valence-corrected chi connectivity index (χ0v) is 9.24. The van der Waals surface area contributed by atoms with Gasteiger partial charge in [-0.05, 0) is 13.3 Å². The van der Waals surface area contributed by atoms with Crippen molar-refractivity contribution < 1.29 is 14.9 Å².